The molecule has 1 aliphatic carbocycles. The number of hydrogen-bond donors (Lipinski definition) is 2. The quantitative estimate of drug-likeness (QED) is 0.851. The van der Waals surface area contributed by atoms with Crippen LogP contribution in [-0.4, -0.2) is 38.8 Å². The molecule has 0 aliphatic heterocycles. The molecule has 0 bridgehead atoms. The number of aryl methyl sites for hydroxylation is 1. The van der Waals surface area contributed by atoms with Gasteiger partial charge in [-0.1, -0.05) is 0 Å². The summed E-state index contributed by atoms with van der Waals surface area (Å²) in [5.74, 6) is -0.576. The van der Waals surface area contributed by atoms with Gasteiger partial charge in [0.1, 0.15) is 5.56 Å². The first kappa shape index (κ1) is 13.1. The molecule has 0 spiro atoms. The third-order valence-corrected chi connectivity index (χ3v) is 4.91. The standard InChI is InChI=1S/C12H17N3O2S/c1-7-8(2)14-15-10(9(7)11(16)17)13-6-12(18-3)4-5-12/h4-6H2,1-3H3,(H,13,15)(H,16,17). The Morgan fingerprint density at radius 2 is 2.11 bits per heavy atom. The van der Waals surface area contributed by atoms with Gasteiger partial charge in [0.05, 0.1) is 5.69 Å². The van der Waals surface area contributed by atoms with Crippen molar-refractivity contribution in [2.24, 2.45) is 0 Å². The lowest BCUT2D eigenvalue weighted by Crippen LogP contribution is -2.21. The number of aromatic nitrogens is 2. The Labute approximate surface area is 110 Å². The molecule has 0 unspecified atom stereocenters. The Balaban J connectivity index is 2.22. The third-order valence-electron chi connectivity index (χ3n) is 3.49. The van der Waals surface area contributed by atoms with Gasteiger partial charge in [-0.3, -0.25) is 0 Å². The maximum Gasteiger partial charge on any atom is 0.339 e. The van der Waals surface area contributed by atoms with Crippen molar-refractivity contribution in [3.8, 4) is 0 Å². The second-order valence-corrected chi connectivity index (χ2v) is 5.95. The third kappa shape index (κ3) is 2.43. The summed E-state index contributed by atoms with van der Waals surface area (Å²) in [6.45, 7) is 4.27. The van der Waals surface area contributed by atoms with Gasteiger partial charge in [-0.2, -0.15) is 16.9 Å². The van der Waals surface area contributed by atoms with Crippen LogP contribution in [0.1, 0.15) is 34.5 Å². The zero-order chi connectivity index (χ0) is 13.3. The summed E-state index contributed by atoms with van der Waals surface area (Å²) in [5.41, 5.74) is 1.57. The Morgan fingerprint density at radius 1 is 1.44 bits per heavy atom. The highest BCUT2D eigenvalue weighted by molar-refractivity contribution is 8.00. The number of hydrogen-bond acceptors (Lipinski definition) is 5. The van der Waals surface area contributed by atoms with Crippen molar-refractivity contribution in [3.05, 3.63) is 16.8 Å². The largest absolute Gasteiger partial charge is 0.478 e. The molecule has 0 atom stereocenters. The van der Waals surface area contributed by atoms with Crippen LogP contribution < -0.4 is 5.32 Å². The van der Waals surface area contributed by atoms with E-state index in [-0.39, 0.29) is 10.3 Å². The van der Waals surface area contributed by atoms with E-state index in [1.54, 1.807) is 13.8 Å². The van der Waals surface area contributed by atoms with E-state index in [1.807, 2.05) is 11.8 Å². The molecular weight excluding hydrogens is 250 g/mol. The normalized spacial score (nSPS) is 16.4. The van der Waals surface area contributed by atoms with Gasteiger partial charge in [-0.15, -0.1) is 5.10 Å². The van der Waals surface area contributed by atoms with Crippen LogP contribution in [0.25, 0.3) is 0 Å². The monoisotopic (exact) mass is 267 g/mol. The molecule has 1 saturated carbocycles. The van der Waals surface area contributed by atoms with Crippen LogP contribution >= 0.6 is 11.8 Å². The van der Waals surface area contributed by atoms with E-state index in [0.717, 1.165) is 6.54 Å². The highest BCUT2D eigenvalue weighted by Crippen LogP contribution is 2.47. The van der Waals surface area contributed by atoms with Crippen molar-refractivity contribution < 1.29 is 9.90 Å². The SMILES string of the molecule is CSC1(CNc2nnc(C)c(C)c2C(=O)O)CC1. The summed E-state index contributed by atoms with van der Waals surface area (Å²) in [6, 6.07) is 0. The summed E-state index contributed by atoms with van der Waals surface area (Å²) in [5, 5.41) is 20.4. The van der Waals surface area contributed by atoms with E-state index in [0.29, 0.717) is 17.1 Å². The van der Waals surface area contributed by atoms with Crippen molar-refractivity contribution in [1.82, 2.24) is 10.2 Å². The molecule has 2 rings (SSSR count). The van der Waals surface area contributed by atoms with E-state index < -0.39 is 5.97 Å². The van der Waals surface area contributed by atoms with Crippen LogP contribution in [0.15, 0.2) is 0 Å². The first-order valence-electron chi connectivity index (χ1n) is 5.85. The van der Waals surface area contributed by atoms with Gasteiger partial charge >= 0.3 is 5.97 Å². The number of carboxylic acids is 1. The lowest BCUT2D eigenvalue weighted by Gasteiger charge is -2.15. The Kier molecular flexibility index (Phi) is 3.47. The lowest BCUT2D eigenvalue weighted by molar-refractivity contribution is 0.0696. The lowest BCUT2D eigenvalue weighted by atomic mass is 10.1. The minimum atomic E-state index is -0.956. The highest BCUT2D eigenvalue weighted by atomic mass is 32.2. The summed E-state index contributed by atoms with van der Waals surface area (Å²) in [4.78, 5) is 11.3. The Morgan fingerprint density at radius 3 is 2.61 bits per heavy atom. The van der Waals surface area contributed by atoms with E-state index in [9.17, 15) is 9.90 Å². The van der Waals surface area contributed by atoms with Crippen LogP contribution in [0.3, 0.4) is 0 Å². The number of nitrogens with zero attached hydrogens (tertiary/aromatic N) is 2. The van der Waals surface area contributed by atoms with Gasteiger partial charge < -0.3 is 10.4 Å². The molecule has 1 aliphatic rings. The molecule has 0 amide bonds. The van der Waals surface area contributed by atoms with Crippen LogP contribution in [-0.2, 0) is 0 Å². The molecule has 5 nitrogen and oxygen atoms in total. The number of rotatable bonds is 5. The fraction of sp³-hybridized carbons (Fsp3) is 0.583. The molecule has 98 valence electrons. The van der Waals surface area contributed by atoms with Gasteiger partial charge in [0.2, 0.25) is 0 Å². The maximum atomic E-state index is 11.3. The summed E-state index contributed by atoms with van der Waals surface area (Å²) in [7, 11) is 0. The van der Waals surface area contributed by atoms with Crippen LogP contribution in [0.2, 0.25) is 0 Å². The zero-order valence-corrected chi connectivity index (χ0v) is 11.6. The van der Waals surface area contributed by atoms with Crippen molar-refractivity contribution in [1.29, 1.82) is 0 Å². The predicted molar refractivity (Wildman–Crippen MR) is 72.4 cm³/mol. The molecule has 0 aromatic carbocycles. The number of thioether (sulfide) groups is 1. The maximum absolute atomic E-state index is 11.3. The van der Waals surface area contributed by atoms with Crippen LogP contribution in [0.4, 0.5) is 5.82 Å². The average Bonchev–Trinajstić information content (AvgIpc) is 3.11. The van der Waals surface area contributed by atoms with E-state index in [4.69, 9.17) is 0 Å². The summed E-state index contributed by atoms with van der Waals surface area (Å²) < 4.78 is 0.260. The second kappa shape index (κ2) is 4.76. The van der Waals surface area contributed by atoms with Gasteiger partial charge in [-0.05, 0) is 38.5 Å². The molecule has 0 radical (unpaired) electrons. The number of nitrogens with one attached hydrogen (secondary N) is 1. The minimum Gasteiger partial charge on any atom is -0.478 e. The molecule has 1 aromatic rings. The fourth-order valence-electron chi connectivity index (χ4n) is 1.83. The summed E-state index contributed by atoms with van der Waals surface area (Å²) in [6.07, 6.45) is 4.42. The molecule has 1 fully saturated rings. The first-order valence-corrected chi connectivity index (χ1v) is 7.08. The fourth-order valence-corrected chi connectivity index (χ4v) is 2.56. The van der Waals surface area contributed by atoms with Crippen molar-refractivity contribution in [2.45, 2.75) is 31.4 Å². The predicted octanol–water partition coefficient (Wildman–Crippen LogP) is 2.10. The molecule has 2 N–H and O–H groups in total. The van der Waals surface area contributed by atoms with Crippen molar-refractivity contribution >= 4 is 23.5 Å². The number of carbonyl (C=O) groups is 1. The van der Waals surface area contributed by atoms with Crippen molar-refractivity contribution in [2.75, 3.05) is 18.1 Å². The Hall–Kier alpha value is -1.30. The number of anilines is 1. The Bertz CT molecular complexity index is 486. The number of carboxylic acid groups (broad SMARTS) is 1. The molecule has 1 heterocycles. The van der Waals surface area contributed by atoms with Crippen LogP contribution in [0.5, 0.6) is 0 Å². The van der Waals surface area contributed by atoms with Crippen LogP contribution in [0, 0.1) is 13.8 Å². The van der Waals surface area contributed by atoms with Gasteiger partial charge in [0, 0.05) is 11.3 Å². The van der Waals surface area contributed by atoms with Gasteiger partial charge in [0.15, 0.2) is 5.82 Å². The smallest absolute Gasteiger partial charge is 0.339 e. The van der Waals surface area contributed by atoms with Crippen molar-refractivity contribution in [3.63, 3.8) is 0 Å². The zero-order valence-electron chi connectivity index (χ0n) is 10.8. The summed E-state index contributed by atoms with van der Waals surface area (Å²) >= 11 is 1.82. The van der Waals surface area contributed by atoms with E-state index in [1.165, 1.54) is 12.8 Å². The van der Waals surface area contributed by atoms with Gasteiger partial charge in [0.25, 0.3) is 0 Å². The molecule has 1 aromatic heterocycles. The molecule has 6 heteroatoms. The van der Waals surface area contributed by atoms with E-state index in [2.05, 4.69) is 21.8 Å². The topological polar surface area (TPSA) is 75.1 Å². The molecule has 18 heavy (non-hydrogen) atoms. The minimum absolute atomic E-state index is 0.236. The van der Waals surface area contributed by atoms with E-state index >= 15 is 0 Å². The molecule has 0 saturated heterocycles. The first-order chi connectivity index (χ1) is 8.49. The highest BCUT2D eigenvalue weighted by Gasteiger charge is 2.41. The molecular formula is C12H17N3O2S. The second-order valence-electron chi connectivity index (χ2n) is 4.68. The average molecular weight is 267 g/mol. The van der Waals surface area contributed by atoms with Gasteiger partial charge in [-0.25, -0.2) is 4.79 Å². The number of aromatic carboxylic acids is 1.